The van der Waals surface area contributed by atoms with E-state index in [0.29, 0.717) is 0 Å². The van der Waals surface area contributed by atoms with Crippen molar-refractivity contribution in [2.45, 2.75) is 13.8 Å². The van der Waals surface area contributed by atoms with Crippen molar-refractivity contribution < 1.29 is 4.92 Å². The molecule has 7 heteroatoms. The van der Waals surface area contributed by atoms with Crippen LogP contribution >= 0.6 is 11.3 Å². The van der Waals surface area contributed by atoms with Crippen molar-refractivity contribution >= 4 is 29.2 Å². The van der Waals surface area contributed by atoms with Gasteiger partial charge in [-0.25, -0.2) is 9.97 Å². The lowest BCUT2D eigenvalue weighted by molar-refractivity contribution is -0.384. The summed E-state index contributed by atoms with van der Waals surface area (Å²) in [6.07, 6.45) is 5.72. The molecule has 0 aliphatic carbocycles. The maximum atomic E-state index is 10.9. The molecule has 0 fully saturated rings. The fourth-order valence-electron chi connectivity index (χ4n) is 4.00. The summed E-state index contributed by atoms with van der Waals surface area (Å²) in [4.78, 5) is 21.2. The Labute approximate surface area is 213 Å². The molecule has 3 aromatic carbocycles. The quantitative estimate of drug-likeness (QED) is 0.181. The van der Waals surface area contributed by atoms with Gasteiger partial charge in [0, 0.05) is 41.4 Å². The molecule has 5 rings (SSSR count). The average Bonchev–Trinajstić information content (AvgIpc) is 3.48. The number of nitro benzene ring substituents is 1. The number of aryl methyl sites for hydroxylation is 2. The molecule has 5 aromatic rings. The average molecular weight is 493 g/mol. The SMILES string of the molecule is Cc1ccc(-c2nc(-c3ncc(/C=C/c4ccc([N+](=O)[O-])cc4)s3)n(C)c2-c2ccc(C)cc2)cc1. The fourth-order valence-corrected chi connectivity index (χ4v) is 4.84. The van der Waals surface area contributed by atoms with E-state index < -0.39 is 4.92 Å². The molecule has 0 bridgehead atoms. The van der Waals surface area contributed by atoms with E-state index in [-0.39, 0.29) is 5.69 Å². The summed E-state index contributed by atoms with van der Waals surface area (Å²) in [5, 5.41) is 11.7. The van der Waals surface area contributed by atoms with E-state index in [1.54, 1.807) is 23.5 Å². The number of imidazole rings is 1. The Kier molecular flexibility index (Phi) is 6.31. The smallest absolute Gasteiger partial charge is 0.269 e. The number of nitro groups is 1. The van der Waals surface area contributed by atoms with Crippen LogP contribution in [-0.2, 0) is 7.05 Å². The molecule has 2 heterocycles. The van der Waals surface area contributed by atoms with Gasteiger partial charge in [0.05, 0.1) is 16.3 Å². The Morgan fingerprint density at radius 1 is 0.861 bits per heavy atom. The summed E-state index contributed by atoms with van der Waals surface area (Å²) >= 11 is 1.56. The fraction of sp³-hybridized carbons (Fsp3) is 0.103. The summed E-state index contributed by atoms with van der Waals surface area (Å²) < 4.78 is 2.11. The summed E-state index contributed by atoms with van der Waals surface area (Å²) in [6.45, 7) is 4.16. The standard InChI is InChI=1S/C29H24N4O2S/c1-19-4-11-22(12-5-19)26-27(23-13-6-20(2)7-14-23)32(3)28(31-26)29-30-18-25(36-29)17-10-21-8-15-24(16-9-21)33(34)35/h4-18H,1-3H3/b17-10+. The first-order chi connectivity index (χ1) is 17.4. The third-order valence-electron chi connectivity index (χ3n) is 6.00. The monoisotopic (exact) mass is 492 g/mol. The first kappa shape index (κ1) is 23.4. The molecule has 0 amide bonds. The molecular formula is C29H24N4O2S. The molecule has 0 saturated heterocycles. The third-order valence-corrected chi connectivity index (χ3v) is 6.96. The minimum Gasteiger partial charge on any atom is -0.325 e. The molecule has 2 aromatic heterocycles. The summed E-state index contributed by atoms with van der Waals surface area (Å²) in [5.41, 5.74) is 7.52. The lowest BCUT2D eigenvalue weighted by Gasteiger charge is -2.08. The second-order valence-corrected chi connectivity index (χ2v) is 9.74. The maximum Gasteiger partial charge on any atom is 0.269 e. The highest BCUT2D eigenvalue weighted by atomic mass is 32.1. The van der Waals surface area contributed by atoms with Crippen molar-refractivity contribution in [1.29, 1.82) is 0 Å². The number of hydrogen-bond acceptors (Lipinski definition) is 5. The highest BCUT2D eigenvalue weighted by molar-refractivity contribution is 7.15. The van der Waals surface area contributed by atoms with Crippen LogP contribution in [0.3, 0.4) is 0 Å². The van der Waals surface area contributed by atoms with Gasteiger partial charge >= 0.3 is 0 Å². The molecule has 36 heavy (non-hydrogen) atoms. The van der Waals surface area contributed by atoms with Gasteiger partial charge < -0.3 is 4.57 Å². The Hall–Kier alpha value is -4.36. The molecule has 0 spiro atoms. The molecule has 6 nitrogen and oxygen atoms in total. The molecule has 178 valence electrons. The molecule has 0 atom stereocenters. The highest BCUT2D eigenvalue weighted by Crippen LogP contribution is 2.37. The highest BCUT2D eigenvalue weighted by Gasteiger charge is 2.20. The Balaban J connectivity index is 1.52. The zero-order valence-electron chi connectivity index (χ0n) is 20.2. The number of benzene rings is 3. The van der Waals surface area contributed by atoms with Crippen LogP contribution in [0.4, 0.5) is 5.69 Å². The number of non-ortho nitro benzene ring substituents is 1. The number of aromatic nitrogens is 3. The largest absolute Gasteiger partial charge is 0.325 e. The molecular weight excluding hydrogens is 468 g/mol. The van der Waals surface area contributed by atoms with Gasteiger partial charge in [0.15, 0.2) is 10.8 Å². The molecule has 0 saturated carbocycles. The number of thiazole rings is 1. The van der Waals surface area contributed by atoms with Gasteiger partial charge in [-0.2, -0.15) is 0 Å². The molecule has 0 radical (unpaired) electrons. The molecule has 0 aliphatic rings. The van der Waals surface area contributed by atoms with Crippen molar-refractivity contribution in [2.75, 3.05) is 0 Å². The molecule has 0 aliphatic heterocycles. The van der Waals surface area contributed by atoms with Crippen LogP contribution in [0.2, 0.25) is 0 Å². The van der Waals surface area contributed by atoms with Crippen LogP contribution in [0.1, 0.15) is 21.6 Å². The van der Waals surface area contributed by atoms with Crippen LogP contribution in [0, 0.1) is 24.0 Å². The van der Waals surface area contributed by atoms with E-state index in [0.717, 1.165) is 43.8 Å². The zero-order chi connectivity index (χ0) is 25.2. The predicted octanol–water partition coefficient (Wildman–Crippen LogP) is 7.57. The maximum absolute atomic E-state index is 10.9. The third kappa shape index (κ3) is 4.74. The number of rotatable bonds is 6. The van der Waals surface area contributed by atoms with Gasteiger partial charge in [-0.15, -0.1) is 11.3 Å². The van der Waals surface area contributed by atoms with Crippen molar-refractivity contribution in [3.63, 3.8) is 0 Å². The van der Waals surface area contributed by atoms with Crippen molar-refractivity contribution in [3.05, 3.63) is 111 Å². The second kappa shape index (κ2) is 9.71. The summed E-state index contributed by atoms with van der Waals surface area (Å²) in [5.74, 6) is 0.807. The van der Waals surface area contributed by atoms with E-state index in [2.05, 4.69) is 71.9 Å². The van der Waals surface area contributed by atoms with Crippen LogP contribution in [0.5, 0.6) is 0 Å². The van der Waals surface area contributed by atoms with Crippen molar-refractivity contribution in [1.82, 2.24) is 14.5 Å². The van der Waals surface area contributed by atoms with E-state index in [1.807, 2.05) is 25.4 Å². The summed E-state index contributed by atoms with van der Waals surface area (Å²) in [6, 6.07) is 23.4. The van der Waals surface area contributed by atoms with Crippen molar-refractivity contribution in [3.8, 4) is 33.3 Å². The lowest BCUT2D eigenvalue weighted by Crippen LogP contribution is -1.95. The van der Waals surface area contributed by atoms with Gasteiger partial charge in [-0.1, -0.05) is 65.7 Å². The Bertz CT molecular complexity index is 1560. The first-order valence-electron chi connectivity index (χ1n) is 11.5. The molecule has 0 unspecified atom stereocenters. The minimum absolute atomic E-state index is 0.0794. The zero-order valence-corrected chi connectivity index (χ0v) is 21.0. The van der Waals surface area contributed by atoms with Gasteiger partial charge in [0.25, 0.3) is 5.69 Å². The topological polar surface area (TPSA) is 73.8 Å². The van der Waals surface area contributed by atoms with E-state index >= 15 is 0 Å². The second-order valence-electron chi connectivity index (χ2n) is 8.67. The lowest BCUT2D eigenvalue weighted by atomic mass is 10.0. The van der Waals surface area contributed by atoms with Crippen molar-refractivity contribution in [2.24, 2.45) is 7.05 Å². The van der Waals surface area contributed by atoms with Crippen LogP contribution in [0.25, 0.3) is 45.5 Å². The number of nitrogens with zero attached hydrogens (tertiary/aromatic N) is 4. The van der Waals surface area contributed by atoms with Gasteiger partial charge in [-0.05, 0) is 37.6 Å². The van der Waals surface area contributed by atoms with E-state index in [4.69, 9.17) is 4.98 Å². The van der Waals surface area contributed by atoms with Gasteiger partial charge in [0.2, 0.25) is 0 Å². The van der Waals surface area contributed by atoms with Gasteiger partial charge in [-0.3, -0.25) is 10.1 Å². The minimum atomic E-state index is -0.397. The predicted molar refractivity (Wildman–Crippen MR) is 147 cm³/mol. The van der Waals surface area contributed by atoms with Crippen LogP contribution < -0.4 is 0 Å². The molecule has 0 N–H and O–H groups in total. The van der Waals surface area contributed by atoms with E-state index in [1.165, 1.54) is 23.3 Å². The number of hydrogen-bond donors (Lipinski definition) is 0. The van der Waals surface area contributed by atoms with Crippen LogP contribution in [0.15, 0.2) is 79.0 Å². The Morgan fingerprint density at radius 2 is 1.47 bits per heavy atom. The van der Waals surface area contributed by atoms with Crippen LogP contribution in [-0.4, -0.2) is 19.5 Å². The summed E-state index contributed by atoms with van der Waals surface area (Å²) in [7, 11) is 2.03. The van der Waals surface area contributed by atoms with E-state index in [9.17, 15) is 10.1 Å². The first-order valence-corrected chi connectivity index (χ1v) is 12.3. The van der Waals surface area contributed by atoms with Gasteiger partial charge in [0.1, 0.15) is 0 Å². The normalized spacial score (nSPS) is 11.3. The Morgan fingerprint density at radius 3 is 2.08 bits per heavy atom.